The molecule has 27 heavy (non-hydrogen) atoms. The van der Waals surface area contributed by atoms with Crippen molar-refractivity contribution in [2.75, 3.05) is 5.32 Å². The molecule has 0 aromatic heterocycles. The van der Waals surface area contributed by atoms with Crippen molar-refractivity contribution >= 4 is 25.5 Å². The van der Waals surface area contributed by atoms with Gasteiger partial charge in [0.1, 0.15) is 17.7 Å². The smallest absolute Gasteiger partial charge is 0.238 e. The highest BCUT2D eigenvalue weighted by Gasteiger charge is 2.23. The lowest BCUT2D eigenvalue weighted by molar-refractivity contribution is 0.593. The molecule has 10 heteroatoms. The van der Waals surface area contributed by atoms with Crippen LogP contribution in [-0.2, 0) is 19.9 Å². The van der Waals surface area contributed by atoms with Crippen LogP contribution in [0.2, 0.25) is 0 Å². The lowest BCUT2D eigenvalue weighted by atomic mass is 10.2. The number of hydrogen-bond acceptors (Lipinski definition) is 7. The van der Waals surface area contributed by atoms with Gasteiger partial charge in [0.15, 0.2) is 0 Å². The highest BCUT2D eigenvalue weighted by molar-refractivity contribution is 7.91. The summed E-state index contributed by atoms with van der Waals surface area (Å²) in [5, 5.41) is 25.2. The van der Waals surface area contributed by atoms with E-state index < -0.39 is 19.9 Å². The van der Waals surface area contributed by atoms with Gasteiger partial charge in [-0.15, -0.1) is 0 Å². The number of benzene rings is 2. The van der Waals surface area contributed by atoms with Gasteiger partial charge in [-0.05, 0) is 37.3 Å². The zero-order valence-electron chi connectivity index (χ0n) is 14.0. The molecular weight excluding hydrogens is 388 g/mol. The summed E-state index contributed by atoms with van der Waals surface area (Å²) in [4.78, 5) is -0.550. The molecule has 0 unspecified atom stereocenters. The van der Waals surface area contributed by atoms with Gasteiger partial charge >= 0.3 is 0 Å². The van der Waals surface area contributed by atoms with Crippen molar-refractivity contribution in [3.8, 4) is 12.1 Å². The number of primary sulfonamides is 1. The number of nitriles is 2. The van der Waals surface area contributed by atoms with Gasteiger partial charge in [-0.25, -0.2) is 22.0 Å². The van der Waals surface area contributed by atoms with E-state index in [0.717, 1.165) is 30.0 Å². The quantitative estimate of drug-likeness (QED) is 0.723. The first kappa shape index (κ1) is 20.1. The van der Waals surface area contributed by atoms with Crippen molar-refractivity contribution in [3.05, 3.63) is 59.8 Å². The third kappa shape index (κ3) is 4.51. The summed E-state index contributed by atoms with van der Waals surface area (Å²) >= 11 is 0. The molecule has 3 N–H and O–H groups in total. The standard InChI is InChI=1S/C17H14N4O4S2/c1-12-2-4-14(5-3-12)26(22,23)17-7-6-15(27(20,24)25)8-16(17)21-11-13(9-18)10-19/h2-8,11,21H,1H3,(H2,20,24,25). The van der Waals surface area contributed by atoms with E-state index in [1.54, 1.807) is 31.2 Å². The first-order valence-corrected chi connectivity index (χ1v) is 10.4. The molecule has 2 rings (SSSR count). The molecule has 0 bridgehead atoms. The minimum atomic E-state index is -4.09. The highest BCUT2D eigenvalue weighted by atomic mass is 32.2. The van der Waals surface area contributed by atoms with Crippen molar-refractivity contribution in [1.82, 2.24) is 0 Å². The van der Waals surface area contributed by atoms with E-state index in [-0.39, 0.29) is 25.9 Å². The number of nitrogens with two attached hydrogens (primary N) is 1. The molecule has 0 fully saturated rings. The summed E-state index contributed by atoms with van der Waals surface area (Å²) in [5.74, 6) is 0. The number of allylic oxidation sites excluding steroid dienone is 1. The van der Waals surface area contributed by atoms with Gasteiger partial charge in [-0.3, -0.25) is 0 Å². The maximum absolute atomic E-state index is 12.9. The summed E-state index contributed by atoms with van der Waals surface area (Å²) in [6, 6.07) is 12.5. The number of anilines is 1. The lowest BCUT2D eigenvalue weighted by Crippen LogP contribution is -2.13. The van der Waals surface area contributed by atoms with Gasteiger partial charge in [0.05, 0.1) is 20.4 Å². The van der Waals surface area contributed by atoms with Gasteiger partial charge in [-0.2, -0.15) is 10.5 Å². The fourth-order valence-corrected chi connectivity index (χ4v) is 4.06. The molecule has 138 valence electrons. The minimum absolute atomic E-state index is 0.00396. The van der Waals surface area contributed by atoms with Crippen LogP contribution in [0.25, 0.3) is 0 Å². The first-order chi connectivity index (χ1) is 12.6. The van der Waals surface area contributed by atoms with Crippen LogP contribution in [0.4, 0.5) is 5.69 Å². The second-order valence-electron chi connectivity index (χ2n) is 5.45. The molecule has 0 saturated heterocycles. The minimum Gasteiger partial charge on any atom is -0.359 e. The largest absolute Gasteiger partial charge is 0.359 e. The summed E-state index contributed by atoms with van der Waals surface area (Å²) in [6.07, 6.45) is 0.983. The molecular formula is C17H14N4O4S2. The Morgan fingerprint density at radius 2 is 1.56 bits per heavy atom. The molecule has 0 amide bonds. The van der Waals surface area contributed by atoms with E-state index in [4.69, 9.17) is 15.7 Å². The van der Waals surface area contributed by atoms with Crippen LogP contribution < -0.4 is 10.5 Å². The Balaban J connectivity index is 2.68. The van der Waals surface area contributed by atoms with E-state index in [0.29, 0.717) is 0 Å². The fraction of sp³-hybridized carbons (Fsp3) is 0.0588. The van der Waals surface area contributed by atoms with Crippen LogP contribution >= 0.6 is 0 Å². The number of hydrogen-bond donors (Lipinski definition) is 2. The molecule has 0 aliphatic carbocycles. The van der Waals surface area contributed by atoms with E-state index >= 15 is 0 Å². The van der Waals surface area contributed by atoms with Gasteiger partial charge in [0, 0.05) is 6.20 Å². The maximum atomic E-state index is 12.9. The molecule has 0 aliphatic rings. The van der Waals surface area contributed by atoms with Crippen LogP contribution in [0.5, 0.6) is 0 Å². The summed E-state index contributed by atoms with van der Waals surface area (Å²) < 4.78 is 49.0. The Kier molecular flexibility index (Phi) is 5.66. The van der Waals surface area contributed by atoms with Crippen LogP contribution in [0.1, 0.15) is 5.56 Å². The molecule has 2 aromatic rings. The Morgan fingerprint density at radius 1 is 1.00 bits per heavy atom. The average Bonchev–Trinajstić information content (AvgIpc) is 2.62. The Hall–Kier alpha value is -3.18. The molecule has 0 atom stereocenters. The highest BCUT2D eigenvalue weighted by Crippen LogP contribution is 2.30. The second-order valence-corrected chi connectivity index (χ2v) is 8.92. The molecule has 0 radical (unpaired) electrons. The molecule has 0 heterocycles. The number of nitrogens with one attached hydrogen (secondary N) is 1. The van der Waals surface area contributed by atoms with Crippen LogP contribution in [0.15, 0.2) is 68.9 Å². The first-order valence-electron chi connectivity index (χ1n) is 7.35. The SMILES string of the molecule is Cc1ccc(S(=O)(=O)c2ccc(S(N)(=O)=O)cc2NC=C(C#N)C#N)cc1. The Bertz CT molecular complexity index is 1190. The third-order valence-corrected chi connectivity index (χ3v) is 6.25. The summed E-state index contributed by atoms with van der Waals surface area (Å²) in [5.41, 5.74) is 0.410. The topological polar surface area (TPSA) is 154 Å². The summed E-state index contributed by atoms with van der Waals surface area (Å²) in [7, 11) is -8.10. The number of rotatable bonds is 5. The van der Waals surface area contributed by atoms with Crippen LogP contribution in [0, 0.1) is 29.6 Å². The number of sulfone groups is 1. The maximum Gasteiger partial charge on any atom is 0.238 e. The molecule has 8 nitrogen and oxygen atoms in total. The van der Waals surface area contributed by atoms with Gasteiger partial charge in [0.2, 0.25) is 19.9 Å². The predicted molar refractivity (Wildman–Crippen MR) is 97.4 cm³/mol. The molecule has 0 aliphatic heterocycles. The van der Waals surface area contributed by atoms with Crippen LogP contribution in [-0.4, -0.2) is 16.8 Å². The second kappa shape index (κ2) is 7.60. The van der Waals surface area contributed by atoms with Crippen LogP contribution in [0.3, 0.4) is 0 Å². The van der Waals surface area contributed by atoms with E-state index in [2.05, 4.69) is 5.32 Å². The zero-order chi connectivity index (χ0) is 20.2. The zero-order valence-corrected chi connectivity index (χ0v) is 15.7. The van der Waals surface area contributed by atoms with Crippen molar-refractivity contribution in [2.24, 2.45) is 5.14 Å². The fourth-order valence-electron chi connectivity index (χ4n) is 2.12. The van der Waals surface area contributed by atoms with E-state index in [1.165, 1.54) is 12.1 Å². The normalized spacial score (nSPS) is 11.1. The monoisotopic (exact) mass is 402 g/mol. The van der Waals surface area contributed by atoms with Gasteiger partial charge in [-0.1, -0.05) is 17.7 Å². The van der Waals surface area contributed by atoms with E-state index in [9.17, 15) is 16.8 Å². The molecule has 2 aromatic carbocycles. The molecule has 0 saturated carbocycles. The third-order valence-electron chi connectivity index (χ3n) is 3.51. The van der Waals surface area contributed by atoms with Crippen molar-refractivity contribution in [1.29, 1.82) is 10.5 Å². The number of nitrogens with zero attached hydrogens (tertiary/aromatic N) is 2. The van der Waals surface area contributed by atoms with E-state index in [1.807, 2.05) is 0 Å². The van der Waals surface area contributed by atoms with Crippen molar-refractivity contribution < 1.29 is 16.8 Å². The van der Waals surface area contributed by atoms with Gasteiger partial charge in [0.25, 0.3) is 0 Å². The molecule has 0 spiro atoms. The van der Waals surface area contributed by atoms with Crippen molar-refractivity contribution in [3.63, 3.8) is 0 Å². The van der Waals surface area contributed by atoms with Gasteiger partial charge < -0.3 is 5.32 Å². The number of aryl methyl sites for hydroxylation is 1. The Morgan fingerprint density at radius 3 is 2.07 bits per heavy atom. The Labute approximate surface area is 157 Å². The van der Waals surface area contributed by atoms with Crippen molar-refractivity contribution in [2.45, 2.75) is 21.6 Å². The number of sulfonamides is 1. The summed E-state index contributed by atoms with van der Waals surface area (Å²) in [6.45, 7) is 1.81. The predicted octanol–water partition coefficient (Wildman–Crippen LogP) is 1.82. The lowest BCUT2D eigenvalue weighted by Gasteiger charge is -2.12. The average molecular weight is 402 g/mol.